The summed E-state index contributed by atoms with van der Waals surface area (Å²) in [5.41, 5.74) is -0.194. The molecule has 0 aliphatic heterocycles. The molecule has 0 aliphatic rings. The largest absolute Gasteiger partial charge is 0.462 e. The van der Waals surface area contributed by atoms with Gasteiger partial charge in [0.2, 0.25) is 5.78 Å². The van der Waals surface area contributed by atoms with Crippen LogP contribution in [-0.4, -0.2) is 67.9 Å². The molecular weight excluding hydrogens is 408 g/mol. The van der Waals surface area contributed by atoms with Gasteiger partial charge in [0.15, 0.2) is 0 Å². The van der Waals surface area contributed by atoms with Gasteiger partial charge < -0.3 is 9.47 Å². The van der Waals surface area contributed by atoms with Crippen molar-refractivity contribution in [1.82, 2.24) is 0 Å². The Morgan fingerprint density at radius 3 is 2.04 bits per heavy atom. The molecule has 0 saturated heterocycles. The van der Waals surface area contributed by atoms with Gasteiger partial charge in [-0.1, -0.05) is 13.0 Å². The minimum atomic E-state index is -4.63. The summed E-state index contributed by atoms with van der Waals surface area (Å²) in [6.07, 6.45) is 0.231. The molecule has 0 aliphatic carbocycles. The number of ketones is 1. The normalized spacial score (nSPS) is 13.7. The maximum absolute atomic E-state index is 11.7. The van der Waals surface area contributed by atoms with E-state index >= 15 is 0 Å². The van der Waals surface area contributed by atoms with Gasteiger partial charge in [0, 0.05) is 18.4 Å². The molecule has 0 radical (unpaired) electrons. The van der Waals surface area contributed by atoms with Crippen molar-refractivity contribution in [2.75, 3.05) is 19.0 Å². The fourth-order valence-corrected chi connectivity index (χ4v) is 2.93. The third kappa shape index (κ3) is 11.5. The lowest BCUT2D eigenvalue weighted by Gasteiger charge is -2.11. The average molecular weight is 430 g/mol. The molecular formula is C14H22O11S2. The van der Waals surface area contributed by atoms with Crippen LogP contribution in [0.15, 0.2) is 11.6 Å². The second-order valence-electron chi connectivity index (χ2n) is 5.38. The zero-order valence-electron chi connectivity index (χ0n) is 14.8. The summed E-state index contributed by atoms with van der Waals surface area (Å²) in [7, 11) is -8.82. The number of hydrogen-bond acceptors (Lipinski definition) is 9. The van der Waals surface area contributed by atoms with E-state index in [-0.39, 0.29) is 25.0 Å². The van der Waals surface area contributed by atoms with Crippen LogP contribution in [0.5, 0.6) is 0 Å². The topological polar surface area (TPSA) is 178 Å². The molecule has 156 valence electrons. The second kappa shape index (κ2) is 11.1. The lowest BCUT2D eigenvalue weighted by Crippen LogP contribution is -2.24. The van der Waals surface area contributed by atoms with Gasteiger partial charge in [-0.2, -0.15) is 16.8 Å². The van der Waals surface area contributed by atoms with E-state index in [2.05, 4.69) is 4.74 Å². The Balaban J connectivity index is 4.79. The van der Waals surface area contributed by atoms with Crippen molar-refractivity contribution < 1.29 is 49.8 Å². The third-order valence-electron chi connectivity index (χ3n) is 3.10. The first-order valence-electron chi connectivity index (χ1n) is 7.75. The Bertz CT molecular complexity index is 778. The zero-order chi connectivity index (χ0) is 21.3. The Morgan fingerprint density at radius 2 is 1.56 bits per heavy atom. The molecule has 1 atom stereocenters. The van der Waals surface area contributed by atoms with Crippen molar-refractivity contribution in [3.63, 3.8) is 0 Å². The smallest absolute Gasteiger partial charge is 0.374 e. The van der Waals surface area contributed by atoms with E-state index < -0.39 is 62.0 Å². The van der Waals surface area contributed by atoms with Crippen molar-refractivity contribution in [1.29, 1.82) is 0 Å². The highest BCUT2D eigenvalue weighted by Gasteiger charge is 2.23. The van der Waals surface area contributed by atoms with Crippen molar-refractivity contribution in [3.05, 3.63) is 11.6 Å². The Hall–Kier alpha value is -1.83. The van der Waals surface area contributed by atoms with Gasteiger partial charge in [-0.25, -0.2) is 9.59 Å². The van der Waals surface area contributed by atoms with E-state index in [1.165, 1.54) is 13.8 Å². The van der Waals surface area contributed by atoms with Crippen LogP contribution in [0.2, 0.25) is 0 Å². The van der Waals surface area contributed by atoms with Crippen LogP contribution in [0.3, 0.4) is 0 Å². The van der Waals surface area contributed by atoms with Crippen LogP contribution >= 0.6 is 0 Å². The van der Waals surface area contributed by atoms with Crippen molar-refractivity contribution >= 4 is 38.0 Å². The molecule has 2 N–H and O–H groups in total. The minimum Gasteiger partial charge on any atom is -0.462 e. The van der Waals surface area contributed by atoms with Gasteiger partial charge in [-0.05, 0) is 13.3 Å². The van der Waals surface area contributed by atoms with Gasteiger partial charge in [0.1, 0.15) is 5.25 Å². The number of carbonyl (C=O) groups is 3. The van der Waals surface area contributed by atoms with Gasteiger partial charge >= 0.3 is 11.9 Å². The fraction of sp³-hybridized carbons (Fsp3) is 0.643. The summed E-state index contributed by atoms with van der Waals surface area (Å²) < 4.78 is 70.9. The highest BCUT2D eigenvalue weighted by Crippen LogP contribution is 2.11. The SMILES string of the molecule is CCC(=O)C(=O)OCCC(C=C(C)C(=O)OCCCS(=O)(=O)O)S(=O)(=O)O. The van der Waals surface area contributed by atoms with Crippen LogP contribution in [0.25, 0.3) is 0 Å². The molecule has 0 aromatic carbocycles. The molecule has 0 bridgehead atoms. The molecule has 0 rings (SSSR count). The lowest BCUT2D eigenvalue weighted by molar-refractivity contribution is -0.153. The summed E-state index contributed by atoms with van der Waals surface area (Å²) in [4.78, 5) is 34.0. The van der Waals surface area contributed by atoms with Crippen LogP contribution in [-0.2, 0) is 44.1 Å². The van der Waals surface area contributed by atoms with E-state index in [9.17, 15) is 35.8 Å². The summed E-state index contributed by atoms with van der Waals surface area (Å²) >= 11 is 0. The summed E-state index contributed by atoms with van der Waals surface area (Å²) in [5, 5.41) is -1.59. The first-order valence-corrected chi connectivity index (χ1v) is 10.9. The molecule has 13 heteroatoms. The second-order valence-corrected chi connectivity index (χ2v) is 8.59. The Labute approximate surface area is 157 Å². The monoisotopic (exact) mass is 430 g/mol. The van der Waals surface area contributed by atoms with Gasteiger partial charge in [0.05, 0.1) is 19.0 Å². The van der Waals surface area contributed by atoms with E-state index in [0.717, 1.165) is 6.08 Å². The highest BCUT2D eigenvalue weighted by molar-refractivity contribution is 7.86. The summed E-state index contributed by atoms with van der Waals surface area (Å²) in [6.45, 7) is 1.83. The number of esters is 2. The van der Waals surface area contributed by atoms with Crippen LogP contribution in [0.1, 0.15) is 33.1 Å². The van der Waals surface area contributed by atoms with Crippen LogP contribution in [0, 0.1) is 0 Å². The molecule has 0 spiro atoms. The van der Waals surface area contributed by atoms with E-state index in [1.54, 1.807) is 0 Å². The average Bonchev–Trinajstić information content (AvgIpc) is 2.54. The Kier molecular flexibility index (Phi) is 10.4. The first-order chi connectivity index (χ1) is 12.3. The van der Waals surface area contributed by atoms with Crippen molar-refractivity contribution in [2.24, 2.45) is 0 Å². The van der Waals surface area contributed by atoms with Gasteiger partial charge in [-0.3, -0.25) is 13.9 Å². The van der Waals surface area contributed by atoms with Crippen molar-refractivity contribution in [3.8, 4) is 0 Å². The standard InChI is InChI=1S/C14H22O11S2/c1-3-12(15)14(17)25-7-5-11(27(21,22)23)9-10(2)13(16)24-6-4-8-26(18,19)20/h9,11H,3-8H2,1-2H3,(H,18,19,20)(H,21,22,23). The number of carbonyl (C=O) groups excluding carboxylic acids is 3. The highest BCUT2D eigenvalue weighted by atomic mass is 32.2. The molecule has 0 fully saturated rings. The zero-order valence-corrected chi connectivity index (χ0v) is 16.4. The summed E-state index contributed by atoms with van der Waals surface area (Å²) in [6, 6.07) is 0. The minimum absolute atomic E-state index is 0.0804. The molecule has 11 nitrogen and oxygen atoms in total. The third-order valence-corrected chi connectivity index (χ3v) is 5.05. The van der Waals surface area contributed by atoms with Gasteiger partial charge in [0.25, 0.3) is 20.2 Å². The molecule has 0 amide bonds. The quantitative estimate of drug-likeness (QED) is 0.139. The van der Waals surface area contributed by atoms with Crippen LogP contribution < -0.4 is 0 Å². The predicted octanol–water partition coefficient (Wildman–Crippen LogP) is -0.0774. The van der Waals surface area contributed by atoms with Gasteiger partial charge in [-0.15, -0.1) is 0 Å². The molecule has 27 heavy (non-hydrogen) atoms. The number of ether oxygens (including phenoxy) is 2. The maximum atomic E-state index is 11.7. The lowest BCUT2D eigenvalue weighted by atomic mass is 10.2. The summed E-state index contributed by atoms with van der Waals surface area (Å²) in [5.74, 6) is -3.50. The van der Waals surface area contributed by atoms with Crippen LogP contribution in [0.4, 0.5) is 0 Å². The molecule has 0 saturated carbocycles. The fourth-order valence-electron chi connectivity index (χ4n) is 1.68. The molecule has 0 heterocycles. The molecule has 0 aromatic rings. The number of hydrogen-bond donors (Lipinski definition) is 2. The molecule has 1 unspecified atom stereocenters. The van der Waals surface area contributed by atoms with E-state index in [1.807, 2.05) is 0 Å². The number of Topliss-reactive ketones (excluding diaryl/α,β-unsaturated/α-hetero) is 1. The van der Waals surface area contributed by atoms with E-state index in [4.69, 9.17) is 9.29 Å². The van der Waals surface area contributed by atoms with E-state index in [0.29, 0.717) is 0 Å². The maximum Gasteiger partial charge on any atom is 0.374 e. The first kappa shape index (κ1) is 25.2. The number of rotatable bonds is 12. The van der Waals surface area contributed by atoms with Crippen molar-refractivity contribution in [2.45, 2.75) is 38.4 Å². The molecule has 0 aromatic heterocycles. The predicted molar refractivity (Wildman–Crippen MR) is 92.0 cm³/mol. The Morgan fingerprint density at radius 1 is 1.00 bits per heavy atom.